The summed E-state index contributed by atoms with van der Waals surface area (Å²) in [5.74, 6) is -0.936. The third-order valence-electron chi connectivity index (χ3n) is 13.1. The van der Waals surface area contributed by atoms with Gasteiger partial charge in [-0.3, -0.25) is 14.4 Å². The number of hydrogen-bond acceptors (Lipinski definition) is 6. The summed E-state index contributed by atoms with van der Waals surface area (Å²) in [5.41, 5.74) is 0. The molecule has 0 radical (unpaired) electrons. The van der Waals surface area contributed by atoms with Gasteiger partial charge >= 0.3 is 17.9 Å². The predicted molar refractivity (Wildman–Crippen MR) is 316 cm³/mol. The molecule has 0 unspecified atom stereocenters. The summed E-state index contributed by atoms with van der Waals surface area (Å²) < 4.78 is 16.9. The van der Waals surface area contributed by atoms with Crippen LogP contribution >= 0.6 is 0 Å². The quantitative estimate of drug-likeness (QED) is 0.0261. The number of hydrogen-bond donors (Lipinski definition) is 0. The Morgan fingerprint density at radius 3 is 0.849 bits per heavy atom. The molecule has 0 amide bonds. The summed E-state index contributed by atoms with van der Waals surface area (Å²) in [7, 11) is 0. The lowest BCUT2D eigenvalue weighted by molar-refractivity contribution is -0.167. The molecule has 418 valence electrons. The van der Waals surface area contributed by atoms with E-state index in [0.29, 0.717) is 12.8 Å². The van der Waals surface area contributed by atoms with Gasteiger partial charge in [0, 0.05) is 19.3 Å². The van der Waals surface area contributed by atoms with Gasteiger partial charge < -0.3 is 14.2 Å². The highest BCUT2D eigenvalue weighted by molar-refractivity contribution is 5.71. The van der Waals surface area contributed by atoms with Crippen LogP contribution in [0.2, 0.25) is 0 Å². The molecule has 0 fully saturated rings. The van der Waals surface area contributed by atoms with E-state index in [2.05, 4.69) is 118 Å². The average Bonchev–Trinajstić information content (AvgIpc) is 3.39. The number of ether oxygens (including phenoxy) is 3. The molecule has 0 aliphatic carbocycles. The Labute approximate surface area is 451 Å². The van der Waals surface area contributed by atoms with Gasteiger partial charge in [-0.05, 0) is 96.3 Å². The molecule has 0 aliphatic heterocycles. The second-order valence-electron chi connectivity index (χ2n) is 20.2. The average molecular weight is 1020 g/mol. The highest BCUT2D eigenvalue weighted by atomic mass is 16.6. The summed E-state index contributed by atoms with van der Waals surface area (Å²) in [6.07, 6.45) is 81.2. The summed E-state index contributed by atoms with van der Waals surface area (Å²) in [6, 6.07) is 0. The van der Waals surface area contributed by atoms with Crippen LogP contribution in [0.25, 0.3) is 0 Å². The van der Waals surface area contributed by atoms with Gasteiger partial charge in [0.2, 0.25) is 0 Å². The highest BCUT2D eigenvalue weighted by Gasteiger charge is 2.19. The van der Waals surface area contributed by atoms with Crippen LogP contribution in [0.3, 0.4) is 0 Å². The van der Waals surface area contributed by atoms with Gasteiger partial charge in [-0.1, -0.05) is 272 Å². The van der Waals surface area contributed by atoms with E-state index < -0.39 is 6.10 Å². The fraction of sp³-hybridized carbons (Fsp3) is 0.716. The van der Waals surface area contributed by atoms with E-state index in [0.717, 1.165) is 135 Å². The Morgan fingerprint density at radius 1 is 0.288 bits per heavy atom. The maximum Gasteiger partial charge on any atom is 0.306 e. The lowest BCUT2D eigenvalue weighted by atomic mass is 10.0. The number of carbonyl (C=O) groups excluding carboxylic acids is 3. The van der Waals surface area contributed by atoms with E-state index in [1.807, 2.05) is 0 Å². The minimum Gasteiger partial charge on any atom is -0.462 e. The third-order valence-corrected chi connectivity index (χ3v) is 13.1. The van der Waals surface area contributed by atoms with Crippen LogP contribution in [-0.4, -0.2) is 37.2 Å². The second-order valence-corrected chi connectivity index (χ2v) is 20.2. The van der Waals surface area contributed by atoms with Crippen molar-refractivity contribution in [3.8, 4) is 0 Å². The molecule has 6 heteroatoms. The van der Waals surface area contributed by atoms with E-state index in [1.165, 1.54) is 116 Å². The zero-order valence-corrected chi connectivity index (χ0v) is 47.9. The van der Waals surface area contributed by atoms with Gasteiger partial charge in [-0.15, -0.1) is 0 Å². The van der Waals surface area contributed by atoms with Crippen molar-refractivity contribution in [2.75, 3.05) is 13.2 Å². The minimum atomic E-state index is -0.803. The van der Waals surface area contributed by atoms with Gasteiger partial charge in [-0.2, -0.15) is 0 Å². The molecule has 0 rings (SSSR count). The molecule has 0 saturated heterocycles. The molecule has 73 heavy (non-hydrogen) atoms. The molecular formula is C67H114O6. The molecule has 1 atom stereocenters. The zero-order chi connectivity index (χ0) is 52.9. The van der Waals surface area contributed by atoms with Crippen LogP contribution in [0.15, 0.2) is 97.2 Å². The van der Waals surface area contributed by atoms with Gasteiger partial charge in [0.25, 0.3) is 0 Å². The van der Waals surface area contributed by atoms with Crippen molar-refractivity contribution < 1.29 is 28.6 Å². The Kier molecular flexibility index (Phi) is 57.8. The van der Waals surface area contributed by atoms with E-state index in [1.54, 1.807) is 0 Å². The topological polar surface area (TPSA) is 78.9 Å². The number of carbonyl (C=O) groups is 3. The van der Waals surface area contributed by atoms with Crippen molar-refractivity contribution in [2.45, 2.75) is 297 Å². The summed E-state index contributed by atoms with van der Waals surface area (Å²) >= 11 is 0. The predicted octanol–water partition coefficient (Wildman–Crippen LogP) is 20.9. The molecule has 0 aliphatic rings. The fourth-order valence-electron chi connectivity index (χ4n) is 8.54. The molecule has 0 aromatic rings. The lowest BCUT2D eigenvalue weighted by Crippen LogP contribution is -2.30. The highest BCUT2D eigenvalue weighted by Crippen LogP contribution is 2.16. The van der Waals surface area contributed by atoms with Crippen molar-refractivity contribution in [1.29, 1.82) is 0 Å². The van der Waals surface area contributed by atoms with Crippen LogP contribution in [0.1, 0.15) is 290 Å². The smallest absolute Gasteiger partial charge is 0.306 e. The molecule has 0 aromatic carbocycles. The van der Waals surface area contributed by atoms with Crippen LogP contribution in [0.5, 0.6) is 0 Å². The van der Waals surface area contributed by atoms with E-state index in [4.69, 9.17) is 14.2 Å². The lowest BCUT2D eigenvalue weighted by Gasteiger charge is -2.18. The number of esters is 3. The first kappa shape index (κ1) is 69.3. The van der Waals surface area contributed by atoms with Gasteiger partial charge in [0.1, 0.15) is 13.2 Å². The molecular weight excluding hydrogens is 901 g/mol. The molecule has 0 bridgehead atoms. The SMILES string of the molecule is CC/C=C\C/C=C\C/C=C\C/C=C\C/C=C\CCCCCC(=O)O[C@H](COC(=O)CCCCCCC/C=C\C/C=C\C/C=C\CC)COC(=O)CCCCCCCCCCCCCCCCCCCCCCC. The Morgan fingerprint density at radius 2 is 0.534 bits per heavy atom. The number of unbranched alkanes of at least 4 members (excludes halogenated alkanes) is 28. The third kappa shape index (κ3) is 59.1. The Bertz CT molecular complexity index is 1440. The van der Waals surface area contributed by atoms with Gasteiger partial charge in [-0.25, -0.2) is 0 Å². The zero-order valence-electron chi connectivity index (χ0n) is 47.9. The molecule has 0 N–H and O–H groups in total. The van der Waals surface area contributed by atoms with Crippen LogP contribution in [-0.2, 0) is 28.6 Å². The van der Waals surface area contributed by atoms with Crippen LogP contribution in [0, 0.1) is 0 Å². The number of allylic oxidation sites excluding steroid dienone is 16. The van der Waals surface area contributed by atoms with E-state index in [-0.39, 0.29) is 37.5 Å². The number of rotatable bonds is 55. The first-order valence-corrected chi connectivity index (χ1v) is 30.7. The summed E-state index contributed by atoms with van der Waals surface area (Å²) in [5, 5.41) is 0. The standard InChI is InChI=1S/C67H114O6/c1-4-7-10-13-16-19-22-25-28-30-32-33-35-36-39-42-45-48-51-54-57-60-66(69)72-63-64(62-71-65(68)59-56-53-50-47-44-41-38-27-24-21-18-15-12-9-6-3)73-67(70)61-58-55-52-49-46-43-40-37-34-31-29-26-23-20-17-14-11-8-5-2/h8-9,11-12,17-18,20-21,26-27,29,34,37-38,43,46,64H,4-7,10,13-16,19,22-25,28,30-33,35-36,39-42,44-45,47-63H2,1-3H3/b11-8-,12-9-,20-17-,21-18-,29-26-,37-34-,38-27-,46-43-/t64-/m1/s1. The van der Waals surface area contributed by atoms with Gasteiger partial charge in [0.15, 0.2) is 6.10 Å². The Balaban J connectivity index is 4.42. The van der Waals surface area contributed by atoms with Crippen LogP contribution < -0.4 is 0 Å². The minimum absolute atomic E-state index is 0.0950. The molecule has 6 nitrogen and oxygen atoms in total. The monoisotopic (exact) mass is 1010 g/mol. The molecule has 0 aromatic heterocycles. The largest absolute Gasteiger partial charge is 0.462 e. The molecule has 0 spiro atoms. The first-order chi connectivity index (χ1) is 36.0. The second kappa shape index (κ2) is 60.9. The first-order valence-electron chi connectivity index (χ1n) is 30.7. The van der Waals surface area contributed by atoms with Crippen molar-refractivity contribution in [3.63, 3.8) is 0 Å². The maximum absolute atomic E-state index is 12.9. The Hall–Kier alpha value is -3.67. The van der Waals surface area contributed by atoms with Gasteiger partial charge in [0.05, 0.1) is 0 Å². The van der Waals surface area contributed by atoms with Crippen molar-refractivity contribution in [1.82, 2.24) is 0 Å². The maximum atomic E-state index is 12.9. The van der Waals surface area contributed by atoms with E-state index >= 15 is 0 Å². The van der Waals surface area contributed by atoms with Crippen molar-refractivity contribution in [3.05, 3.63) is 97.2 Å². The summed E-state index contributed by atoms with van der Waals surface area (Å²) in [6.45, 7) is 6.40. The molecule has 0 saturated carbocycles. The van der Waals surface area contributed by atoms with Crippen molar-refractivity contribution >= 4 is 17.9 Å². The van der Waals surface area contributed by atoms with Crippen LogP contribution in [0.4, 0.5) is 0 Å². The molecule has 0 heterocycles. The van der Waals surface area contributed by atoms with E-state index in [9.17, 15) is 14.4 Å². The fourth-order valence-corrected chi connectivity index (χ4v) is 8.54. The summed E-state index contributed by atoms with van der Waals surface area (Å²) in [4.78, 5) is 38.3. The normalized spacial score (nSPS) is 12.8. The van der Waals surface area contributed by atoms with Crippen molar-refractivity contribution in [2.24, 2.45) is 0 Å².